The van der Waals surface area contributed by atoms with E-state index in [1.807, 2.05) is 37.3 Å². The van der Waals surface area contributed by atoms with Crippen molar-refractivity contribution >= 4 is 17.3 Å². The van der Waals surface area contributed by atoms with Gasteiger partial charge in [0.15, 0.2) is 11.6 Å². The molecule has 0 atom stereocenters. The van der Waals surface area contributed by atoms with E-state index in [4.69, 9.17) is 0 Å². The highest BCUT2D eigenvalue weighted by Gasteiger charge is 2.08. The van der Waals surface area contributed by atoms with Gasteiger partial charge in [0.05, 0.1) is 0 Å². The van der Waals surface area contributed by atoms with Crippen molar-refractivity contribution in [3.63, 3.8) is 0 Å². The highest BCUT2D eigenvalue weighted by molar-refractivity contribution is 6.42. The summed E-state index contributed by atoms with van der Waals surface area (Å²) in [7, 11) is 0. The molecular formula is C18H18O3. The van der Waals surface area contributed by atoms with Gasteiger partial charge in [0.25, 0.3) is 0 Å². The average molecular weight is 282 g/mol. The molecule has 0 unspecified atom stereocenters. The molecule has 2 rings (SSSR count). The summed E-state index contributed by atoms with van der Waals surface area (Å²) < 4.78 is 0. The SMILES string of the molecule is CC(=O)C(=O)c1ccccc1.CCC(=O)c1ccccc1. The van der Waals surface area contributed by atoms with Gasteiger partial charge in [-0.05, 0) is 0 Å². The van der Waals surface area contributed by atoms with E-state index in [1.54, 1.807) is 30.3 Å². The lowest BCUT2D eigenvalue weighted by Crippen LogP contribution is -2.08. The lowest BCUT2D eigenvalue weighted by molar-refractivity contribution is -0.113. The normalized spacial score (nSPS) is 9.24. The van der Waals surface area contributed by atoms with Gasteiger partial charge in [0.1, 0.15) is 0 Å². The van der Waals surface area contributed by atoms with E-state index < -0.39 is 11.6 Å². The fraction of sp³-hybridized carbons (Fsp3) is 0.167. The maximum atomic E-state index is 11.0. The van der Waals surface area contributed by atoms with Gasteiger partial charge in [0, 0.05) is 24.5 Å². The number of carbonyl (C=O) groups is 3. The first kappa shape index (κ1) is 16.5. The Labute approximate surface area is 124 Å². The molecule has 3 nitrogen and oxygen atoms in total. The second kappa shape index (κ2) is 8.59. The van der Waals surface area contributed by atoms with Crippen LogP contribution in [0.4, 0.5) is 0 Å². The zero-order chi connectivity index (χ0) is 15.7. The topological polar surface area (TPSA) is 51.2 Å². The van der Waals surface area contributed by atoms with Crippen LogP contribution in [-0.2, 0) is 4.79 Å². The minimum absolute atomic E-state index is 0.209. The molecule has 21 heavy (non-hydrogen) atoms. The lowest BCUT2D eigenvalue weighted by Gasteiger charge is -1.93. The van der Waals surface area contributed by atoms with E-state index >= 15 is 0 Å². The Balaban J connectivity index is 0.000000211. The number of carbonyl (C=O) groups excluding carboxylic acids is 3. The molecule has 0 aromatic heterocycles. The highest BCUT2D eigenvalue weighted by atomic mass is 16.2. The number of hydrogen-bond donors (Lipinski definition) is 0. The van der Waals surface area contributed by atoms with Gasteiger partial charge in [-0.1, -0.05) is 67.6 Å². The van der Waals surface area contributed by atoms with Crippen LogP contribution in [0.5, 0.6) is 0 Å². The molecule has 2 aromatic carbocycles. The molecule has 3 heteroatoms. The van der Waals surface area contributed by atoms with Crippen molar-refractivity contribution in [3.8, 4) is 0 Å². The lowest BCUT2D eigenvalue weighted by atomic mass is 10.1. The van der Waals surface area contributed by atoms with Crippen LogP contribution in [0.2, 0.25) is 0 Å². The number of rotatable bonds is 4. The molecule has 0 aliphatic carbocycles. The van der Waals surface area contributed by atoms with Crippen LogP contribution >= 0.6 is 0 Å². The summed E-state index contributed by atoms with van der Waals surface area (Å²) in [5.74, 6) is -0.637. The maximum absolute atomic E-state index is 11.0. The molecule has 0 bridgehead atoms. The minimum Gasteiger partial charge on any atom is -0.294 e. The molecule has 0 saturated carbocycles. The van der Waals surface area contributed by atoms with Crippen LogP contribution in [0.15, 0.2) is 60.7 Å². The smallest absolute Gasteiger partial charge is 0.228 e. The van der Waals surface area contributed by atoms with Crippen LogP contribution in [0.25, 0.3) is 0 Å². The maximum Gasteiger partial charge on any atom is 0.228 e. The molecule has 0 heterocycles. The largest absolute Gasteiger partial charge is 0.294 e. The summed E-state index contributed by atoms with van der Waals surface area (Å²) >= 11 is 0. The molecule has 0 fully saturated rings. The fourth-order valence-electron chi connectivity index (χ4n) is 1.62. The molecule has 0 radical (unpaired) electrons. The Morgan fingerprint density at radius 3 is 1.57 bits per heavy atom. The summed E-state index contributed by atoms with van der Waals surface area (Å²) in [4.78, 5) is 32.6. The van der Waals surface area contributed by atoms with E-state index in [9.17, 15) is 14.4 Å². The first-order valence-electron chi connectivity index (χ1n) is 6.74. The van der Waals surface area contributed by atoms with Gasteiger partial charge in [-0.3, -0.25) is 14.4 Å². The van der Waals surface area contributed by atoms with Crippen LogP contribution < -0.4 is 0 Å². The molecule has 0 amide bonds. The van der Waals surface area contributed by atoms with Crippen LogP contribution in [0.3, 0.4) is 0 Å². The third kappa shape index (κ3) is 5.53. The Morgan fingerprint density at radius 2 is 1.19 bits per heavy atom. The Hall–Kier alpha value is -2.55. The highest BCUT2D eigenvalue weighted by Crippen LogP contribution is 2.01. The van der Waals surface area contributed by atoms with Crippen LogP contribution in [0.1, 0.15) is 41.0 Å². The Bertz CT molecular complexity index is 601. The summed E-state index contributed by atoms with van der Waals surface area (Å²) in [6, 6.07) is 17.9. The van der Waals surface area contributed by atoms with Crippen molar-refractivity contribution in [3.05, 3.63) is 71.8 Å². The van der Waals surface area contributed by atoms with E-state index in [0.717, 1.165) is 5.56 Å². The van der Waals surface area contributed by atoms with Crippen LogP contribution in [-0.4, -0.2) is 17.3 Å². The minimum atomic E-state index is -0.425. The molecule has 0 spiro atoms. The second-order valence-corrected chi connectivity index (χ2v) is 4.39. The van der Waals surface area contributed by atoms with E-state index in [1.165, 1.54) is 6.92 Å². The number of Topliss-reactive ketones (excluding diaryl/α,β-unsaturated/α-hetero) is 3. The van der Waals surface area contributed by atoms with E-state index in [0.29, 0.717) is 12.0 Å². The monoisotopic (exact) mass is 282 g/mol. The zero-order valence-electron chi connectivity index (χ0n) is 12.2. The van der Waals surface area contributed by atoms with Gasteiger partial charge < -0.3 is 0 Å². The van der Waals surface area contributed by atoms with Crippen molar-refractivity contribution < 1.29 is 14.4 Å². The molecule has 0 aliphatic heterocycles. The molecule has 0 saturated heterocycles. The predicted octanol–water partition coefficient (Wildman–Crippen LogP) is 3.74. The third-order valence-corrected chi connectivity index (χ3v) is 2.77. The number of ketones is 3. The van der Waals surface area contributed by atoms with Crippen molar-refractivity contribution in [2.24, 2.45) is 0 Å². The fourth-order valence-corrected chi connectivity index (χ4v) is 1.62. The van der Waals surface area contributed by atoms with Crippen molar-refractivity contribution in [1.82, 2.24) is 0 Å². The first-order chi connectivity index (χ1) is 10.1. The summed E-state index contributed by atoms with van der Waals surface area (Å²) in [6.07, 6.45) is 0.587. The molecule has 0 aliphatic rings. The van der Waals surface area contributed by atoms with Gasteiger partial charge in [-0.25, -0.2) is 0 Å². The Kier molecular flexibility index (Phi) is 6.75. The molecular weight excluding hydrogens is 264 g/mol. The summed E-state index contributed by atoms with van der Waals surface area (Å²) in [5.41, 5.74) is 1.27. The average Bonchev–Trinajstić information content (AvgIpc) is 2.55. The van der Waals surface area contributed by atoms with Gasteiger partial charge >= 0.3 is 0 Å². The zero-order valence-corrected chi connectivity index (χ0v) is 12.2. The van der Waals surface area contributed by atoms with Crippen molar-refractivity contribution in [2.45, 2.75) is 20.3 Å². The second-order valence-electron chi connectivity index (χ2n) is 4.39. The predicted molar refractivity (Wildman–Crippen MR) is 82.5 cm³/mol. The van der Waals surface area contributed by atoms with Gasteiger partial charge in [-0.15, -0.1) is 0 Å². The standard InChI is InChI=1S/C9H8O2.C9H10O/c1-7(10)9(11)8-5-3-2-4-6-8;1-2-9(10)8-6-4-3-5-7-8/h2-6H,1H3;3-7H,2H2,1H3. The number of benzene rings is 2. The quantitative estimate of drug-likeness (QED) is 0.634. The Morgan fingerprint density at radius 1 is 0.762 bits per heavy atom. The molecule has 0 N–H and O–H groups in total. The number of hydrogen-bond acceptors (Lipinski definition) is 3. The van der Waals surface area contributed by atoms with E-state index in [2.05, 4.69) is 0 Å². The van der Waals surface area contributed by atoms with Crippen molar-refractivity contribution in [1.29, 1.82) is 0 Å². The summed E-state index contributed by atoms with van der Waals surface area (Å²) in [5, 5.41) is 0. The van der Waals surface area contributed by atoms with Gasteiger partial charge in [0.2, 0.25) is 5.78 Å². The first-order valence-corrected chi connectivity index (χ1v) is 6.74. The van der Waals surface area contributed by atoms with Crippen LogP contribution in [0, 0.1) is 0 Å². The van der Waals surface area contributed by atoms with E-state index in [-0.39, 0.29) is 5.78 Å². The molecule has 108 valence electrons. The summed E-state index contributed by atoms with van der Waals surface area (Å²) in [6.45, 7) is 3.14. The van der Waals surface area contributed by atoms with Gasteiger partial charge in [-0.2, -0.15) is 0 Å². The molecule has 2 aromatic rings. The van der Waals surface area contributed by atoms with Crippen molar-refractivity contribution in [2.75, 3.05) is 0 Å². The third-order valence-electron chi connectivity index (χ3n) is 2.77.